The minimum Gasteiger partial charge on any atom is -0.379 e. The van der Waals surface area contributed by atoms with Gasteiger partial charge < -0.3 is 14.8 Å². The molecule has 0 fully saturated rings. The van der Waals surface area contributed by atoms with Crippen molar-refractivity contribution in [2.45, 2.75) is 27.0 Å². The molecule has 0 aliphatic heterocycles. The van der Waals surface area contributed by atoms with Gasteiger partial charge in [0, 0.05) is 13.2 Å². The third-order valence-corrected chi connectivity index (χ3v) is 2.52. The van der Waals surface area contributed by atoms with Gasteiger partial charge in [0.05, 0.1) is 19.8 Å². The Morgan fingerprint density at radius 3 is 2.41 bits per heavy atom. The average molecular weight is 237 g/mol. The highest BCUT2D eigenvalue weighted by molar-refractivity contribution is 5.26. The molecule has 1 aromatic rings. The summed E-state index contributed by atoms with van der Waals surface area (Å²) in [4.78, 5) is 0. The molecule has 0 spiro atoms. The highest BCUT2D eigenvalue weighted by Crippen LogP contribution is 2.09. The van der Waals surface area contributed by atoms with Crippen LogP contribution in [0.3, 0.4) is 0 Å². The fraction of sp³-hybridized carbons (Fsp3) is 0.571. The van der Waals surface area contributed by atoms with E-state index in [1.807, 2.05) is 6.92 Å². The van der Waals surface area contributed by atoms with Crippen molar-refractivity contribution in [3.05, 3.63) is 35.4 Å². The van der Waals surface area contributed by atoms with E-state index in [2.05, 4.69) is 36.5 Å². The van der Waals surface area contributed by atoms with Crippen molar-refractivity contribution >= 4 is 0 Å². The number of hydrogen-bond acceptors (Lipinski definition) is 3. The van der Waals surface area contributed by atoms with Gasteiger partial charge in [-0.25, -0.2) is 0 Å². The van der Waals surface area contributed by atoms with Crippen molar-refractivity contribution in [1.82, 2.24) is 5.32 Å². The van der Waals surface area contributed by atoms with E-state index in [4.69, 9.17) is 9.47 Å². The van der Waals surface area contributed by atoms with E-state index in [0.29, 0.717) is 19.8 Å². The predicted molar refractivity (Wildman–Crippen MR) is 70.0 cm³/mol. The zero-order chi connectivity index (χ0) is 12.3. The second kappa shape index (κ2) is 9.16. The summed E-state index contributed by atoms with van der Waals surface area (Å²) < 4.78 is 10.8. The van der Waals surface area contributed by atoms with Gasteiger partial charge in [-0.3, -0.25) is 0 Å². The van der Waals surface area contributed by atoms with E-state index in [9.17, 15) is 0 Å². The lowest BCUT2D eigenvalue weighted by atomic mass is 10.1. The average Bonchev–Trinajstić information content (AvgIpc) is 2.37. The number of rotatable bonds is 9. The van der Waals surface area contributed by atoms with E-state index >= 15 is 0 Å². The molecule has 0 saturated carbocycles. The van der Waals surface area contributed by atoms with Gasteiger partial charge in [-0.1, -0.05) is 31.2 Å². The second-order valence-corrected chi connectivity index (χ2v) is 3.80. The Bertz CT molecular complexity index is 302. The van der Waals surface area contributed by atoms with Crippen molar-refractivity contribution in [3.63, 3.8) is 0 Å². The molecule has 0 saturated heterocycles. The molecule has 0 aromatic heterocycles. The molecule has 3 heteroatoms. The number of nitrogens with one attached hydrogen (secondary N) is 1. The molecular weight excluding hydrogens is 214 g/mol. The molecule has 0 heterocycles. The van der Waals surface area contributed by atoms with Crippen LogP contribution >= 0.6 is 0 Å². The SMILES string of the molecule is CCNCc1ccccc1COCCOCC. The lowest BCUT2D eigenvalue weighted by Gasteiger charge is -2.10. The number of hydrogen-bond donors (Lipinski definition) is 1. The highest BCUT2D eigenvalue weighted by Gasteiger charge is 2.00. The van der Waals surface area contributed by atoms with E-state index in [0.717, 1.165) is 19.7 Å². The van der Waals surface area contributed by atoms with Crippen LogP contribution in [0.4, 0.5) is 0 Å². The second-order valence-electron chi connectivity index (χ2n) is 3.80. The molecule has 0 atom stereocenters. The summed E-state index contributed by atoms with van der Waals surface area (Å²) in [6, 6.07) is 8.38. The van der Waals surface area contributed by atoms with Crippen molar-refractivity contribution in [3.8, 4) is 0 Å². The zero-order valence-electron chi connectivity index (χ0n) is 10.9. The topological polar surface area (TPSA) is 30.5 Å². The first-order chi connectivity index (χ1) is 8.38. The Morgan fingerprint density at radius 2 is 1.71 bits per heavy atom. The lowest BCUT2D eigenvalue weighted by Crippen LogP contribution is -2.14. The lowest BCUT2D eigenvalue weighted by molar-refractivity contribution is 0.0450. The van der Waals surface area contributed by atoms with Gasteiger partial charge in [0.2, 0.25) is 0 Å². The third kappa shape index (κ3) is 5.82. The summed E-state index contributed by atoms with van der Waals surface area (Å²) in [5, 5.41) is 3.34. The summed E-state index contributed by atoms with van der Waals surface area (Å²) in [6.07, 6.45) is 0. The quantitative estimate of drug-likeness (QED) is 0.669. The third-order valence-electron chi connectivity index (χ3n) is 2.52. The van der Waals surface area contributed by atoms with Gasteiger partial charge in [-0.15, -0.1) is 0 Å². The van der Waals surface area contributed by atoms with Gasteiger partial charge in [-0.05, 0) is 24.6 Å². The maximum Gasteiger partial charge on any atom is 0.0721 e. The number of ether oxygens (including phenoxy) is 2. The van der Waals surface area contributed by atoms with Crippen LogP contribution in [0.1, 0.15) is 25.0 Å². The zero-order valence-corrected chi connectivity index (χ0v) is 10.9. The van der Waals surface area contributed by atoms with E-state index in [1.54, 1.807) is 0 Å². The molecule has 3 nitrogen and oxygen atoms in total. The first kappa shape index (κ1) is 14.2. The maximum absolute atomic E-state index is 5.59. The Morgan fingerprint density at radius 1 is 1.00 bits per heavy atom. The largest absolute Gasteiger partial charge is 0.379 e. The smallest absolute Gasteiger partial charge is 0.0721 e. The summed E-state index contributed by atoms with van der Waals surface area (Å²) in [5.41, 5.74) is 2.57. The van der Waals surface area contributed by atoms with Crippen LogP contribution in [0.5, 0.6) is 0 Å². The van der Waals surface area contributed by atoms with Crippen LogP contribution in [0.15, 0.2) is 24.3 Å². The monoisotopic (exact) mass is 237 g/mol. The fourth-order valence-corrected chi connectivity index (χ4v) is 1.57. The molecule has 1 rings (SSSR count). The summed E-state index contributed by atoms with van der Waals surface area (Å²) >= 11 is 0. The van der Waals surface area contributed by atoms with E-state index < -0.39 is 0 Å². The Labute approximate surface area is 104 Å². The Kier molecular flexibility index (Phi) is 7.63. The van der Waals surface area contributed by atoms with Crippen molar-refractivity contribution in [1.29, 1.82) is 0 Å². The summed E-state index contributed by atoms with van der Waals surface area (Å²) in [7, 11) is 0. The molecule has 17 heavy (non-hydrogen) atoms. The van der Waals surface area contributed by atoms with Crippen LogP contribution in [0.25, 0.3) is 0 Å². The minimum atomic E-state index is 0.656. The maximum atomic E-state index is 5.59. The van der Waals surface area contributed by atoms with Crippen LogP contribution in [-0.2, 0) is 22.6 Å². The Hall–Kier alpha value is -0.900. The van der Waals surface area contributed by atoms with Crippen molar-refractivity contribution in [2.75, 3.05) is 26.4 Å². The van der Waals surface area contributed by atoms with Gasteiger partial charge >= 0.3 is 0 Å². The number of benzene rings is 1. The molecule has 1 aromatic carbocycles. The van der Waals surface area contributed by atoms with Crippen LogP contribution < -0.4 is 5.32 Å². The van der Waals surface area contributed by atoms with Crippen LogP contribution in [0.2, 0.25) is 0 Å². The normalized spacial score (nSPS) is 10.7. The molecule has 0 aliphatic carbocycles. The van der Waals surface area contributed by atoms with Crippen LogP contribution in [0, 0.1) is 0 Å². The van der Waals surface area contributed by atoms with Gasteiger partial charge in [0.1, 0.15) is 0 Å². The highest BCUT2D eigenvalue weighted by atomic mass is 16.5. The van der Waals surface area contributed by atoms with Gasteiger partial charge in [-0.2, -0.15) is 0 Å². The van der Waals surface area contributed by atoms with Crippen molar-refractivity contribution < 1.29 is 9.47 Å². The first-order valence-corrected chi connectivity index (χ1v) is 6.31. The summed E-state index contributed by atoms with van der Waals surface area (Å²) in [6.45, 7) is 8.73. The predicted octanol–water partition coefficient (Wildman–Crippen LogP) is 2.35. The minimum absolute atomic E-state index is 0.656. The fourth-order valence-electron chi connectivity index (χ4n) is 1.57. The molecule has 0 aliphatic rings. The van der Waals surface area contributed by atoms with E-state index in [-0.39, 0.29) is 0 Å². The summed E-state index contributed by atoms with van der Waals surface area (Å²) in [5.74, 6) is 0. The Balaban J connectivity index is 2.35. The first-order valence-electron chi connectivity index (χ1n) is 6.31. The van der Waals surface area contributed by atoms with Crippen LogP contribution in [-0.4, -0.2) is 26.4 Å². The molecule has 1 N–H and O–H groups in total. The molecule has 0 unspecified atom stereocenters. The van der Waals surface area contributed by atoms with Gasteiger partial charge in [0.15, 0.2) is 0 Å². The van der Waals surface area contributed by atoms with E-state index in [1.165, 1.54) is 11.1 Å². The standard InChI is InChI=1S/C14H23NO2/c1-3-15-11-13-7-5-6-8-14(13)12-17-10-9-16-4-2/h5-8,15H,3-4,9-12H2,1-2H3. The molecular formula is C14H23NO2. The molecule has 0 radical (unpaired) electrons. The van der Waals surface area contributed by atoms with Crippen molar-refractivity contribution in [2.24, 2.45) is 0 Å². The molecule has 0 amide bonds. The molecule has 96 valence electrons. The molecule has 0 bridgehead atoms. The van der Waals surface area contributed by atoms with Gasteiger partial charge in [0.25, 0.3) is 0 Å².